The maximum atomic E-state index is 2.37. The molecule has 0 amide bonds. The average Bonchev–Trinajstić information content (AvgIpc) is 2.45. The van der Waals surface area contributed by atoms with Crippen LogP contribution in [0.25, 0.3) is 0 Å². The van der Waals surface area contributed by atoms with Crippen molar-refractivity contribution in [2.24, 2.45) is 0 Å². The molecule has 1 unspecified atom stereocenters. The molecule has 2 aromatic carbocycles. The zero-order valence-electron chi connectivity index (χ0n) is 11.3. The Labute approximate surface area is 112 Å². The van der Waals surface area contributed by atoms with Gasteiger partial charge in [0.15, 0.2) is 0 Å². The lowest BCUT2D eigenvalue weighted by Gasteiger charge is -2.17. The largest absolute Gasteiger partial charge is 0.0654 e. The second-order valence-corrected chi connectivity index (χ2v) is 6.74. The van der Waals surface area contributed by atoms with Gasteiger partial charge in [0.1, 0.15) is 0 Å². The smallest absolute Gasteiger partial charge is 0.0166 e. The third kappa shape index (κ3) is 3.21. The van der Waals surface area contributed by atoms with Crippen LogP contribution >= 0.6 is 7.92 Å². The van der Waals surface area contributed by atoms with Crippen LogP contribution in [0, 0.1) is 0 Å². The molecular formula is C17H21P. The minimum absolute atomic E-state index is 0.208. The topological polar surface area (TPSA) is 0 Å². The summed E-state index contributed by atoms with van der Waals surface area (Å²) in [7, 11) is -0.208. The third-order valence-electron chi connectivity index (χ3n) is 3.30. The van der Waals surface area contributed by atoms with E-state index in [1.54, 1.807) is 5.30 Å². The van der Waals surface area contributed by atoms with Crippen LogP contribution in [0.2, 0.25) is 0 Å². The molecule has 0 spiro atoms. The Hall–Kier alpha value is -1.13. The Morgan fingerprint density at radius 3 is 2.28 bits per heavy atom. The fraction of sp³-hybridized carbons (Fsp3) is 0.294. The molecule has 2 rings (SSSR count). The molecule has 0 aliphatic heterocycles. The first-order valence-corrected chi connectivity index (χ1v) is 8.48. The Morgan fingerprint density at radius 2 is 1.56 bits per heavy atom. The van der Waals surface area contributed by atoms with E-state index >= 15 is 0 Å². The van der Waals surface area contributed by atoms with Gasteiger partial charge in [-0.3, -0.25) is 0 Å². The lowest BCUT2D eigenvalue weighted by atomic mass is 10.1. The van der Waals surface area contributed by atoms with Crippen LogP contribution < -0.4 is 10.6 Å². The van der Waals surface area contributed by atoms with Gasteiger partial charge < -0.3 is 0 Å². The van der Waals surface area contributed by atoms with E-state index in [-0.39, 0.29) is 7.92 Å². The maximum absolute atomic E-state index is 2.37. The molecule has 1 heteroatoms. The standard InChI is InChI=1S/C17H21P/c1-3-4-10-15-11-8-9-14-17(15)18(2)16-12-6-5-7-13-16/h5-9,11-14H,3-4,10H2,1-2H3. The van der Waals surface area contributed by atoms with Crippen LogP contribution in [0.15, 0.2) is 54.6 Å². The third-order valence-corrected chi connectivity index (χ3v) is 5.53. The monoisotopic (exact) mass is 256 g/mol. The molecule has 0 nitrogen and oxygen atoms in total. The highest BCUT2D eigenvalue weighted by atomic mass is 31.1. The number of hydrogen-bond donors (Lipinski definition) is 0. The summed E-state index contributed by atoms with van der Waals surface area (Å²) in [6.45, 7) is 4.63. The lowest BCUT2D eigenvalue weighted by Crippen LogP contribution is -2.15. The summed E-state index contributed by atoms with van der Waals surface area (Å²) >= 11 is 0. The SMILES string of the molecule is CCCCc1ccccc1P(C)c1ccccc1. The summed E-state index contributed by atoms with van der Waals surface area (Å²) in [6.07, 6.45) is 3.77. The fourth-order valence-electron chi connectivity index (χ4n) is 2.21. The molecule has 0 bridgehead atoms. The van der Waals surface area contributed by atoms with Gasteiger partial charge in [0.2, 0.25) is 0 Å². The summed E-state index contributed by atoms with van der Waals surface area (Å²) in [4.78, 5) is 0. The highest BCUT2D eigenvalue weighted by Crippen LogP contribution is 2.30. The Kier molecular flexibility index (Phi) is 4.96. The van der Waals surface area contributed by atoms with Crippen LogP contribution in [0.5, 0.6) is 0 Å². The van der Waals surface area contributed by atoms with Gasteiger partial charge in [-0.2, -0.15) is 0 Å². The minimum Gasteiger partial charge on any atom is -0.0654 e. The molecule has 0 fully saturated rings. The van der Waals surface area contributed by atoms with Gasteiger partial charge in [0.05, 0.1) is 0 Å². The molecule has 0 heterocycles. The molecule has 0 N–H and O–H groups in total. The van der Waals surface area contributed by atoms with E-state index in [1.807, 2.05) is 0 Å². The van der Waals surface area contributed by atoms with Crippen LogP contribution in [0.4, 0.5) is 0 Å². The molecular weight excluding hydrogens is 235 g/mol. The van der Waals surface area contributed by atoms with Gasteiger partial charge in [0.25, 0.3) is 0 Å². The number of unbranched alkanes of at least 4 members (excludes halogenated alkanes) is 1. The van der Waals surface area contributed by atoms with Crippen molar-refractivity contribution < 1.29 is 0 Å². The summed E-state index contributed by atoms with van der Waals surface area (Å²) in [5, 5.41) is 3.02. The maximum Gasteiger partial charge on any atom is -0.0166 e. The van der Waals surface area contributed by atoms with Crippen LogP contribution in [-0.2, 0) is 6.42 Å². The summed E-state index contributed by atoms with van der Waals surface area (Å²) < 4.78 is 0. The van der Waals surface area contributed by atoms with Crippen molar-refractivity contribution in [2.45, 2.75) is 26.2 Å². The van der Waals surface area contributed by atoms with Crippen LogP contribution in [0.3, 0.4) is 0 Å². The molecule has 0 saturated carbocycles. The predicted molar refractivity (Wildman–Crippen MR) is 83.6 cm³/mol. The van der Waals surface area contributed by atoms with E-state index in [4.69, 9.17) is 0 Å². The Morgan fingerprint density at radius 1 is 0.889 bits per heavy atom. The van der Waals surface area contributed by atoms with Crippen molar-refractivity contribution in [1.82, 2.24) is 0 Å². The molecule has 0 radical (unpaired) electrons. The first-order valence-electron chi connectivity index (χ1n) is 6.69. The number of benzene rings is 2. The van der Waals surface area contributed by atoms with E-state index in [0.717, 1.165) is 0 Å². The highest BCUT2D eigenvalue weighted by Gasteiger charge is 2.11. The summed E-state index contributed by atoms with van der Waals surface area (Å²) in [6, 6.07) is 19.8. The molecule has 0 saturated heterocycles. The molecule has 0 aromatic heterocycles. The van der Waals surface area contributed by atoms with Crippen molar-refractivity contribution in [3.63, 3.8) is 0 Å². The second kappa shape index (κ2) is 6.71. The highest BCUT2D eigenvalue weighted by molar-refractivity contribution is 7.72. The zero-order chi connectivity index (χ0) is 12.8. The normalized spacial score (nSPS) is 12.3. The second-order valence-electron chi connectivity index (χ2n) is 4.63. The van der Waals surface area contributed by atoms with Crippen molar-refractivity contribution >= 4 is 18.5 Å². The number of aryl methyl sites for hydroxylation is 1. The average molecular weight is 256 g/mol. The van der Waals surface area contributed by atoms with E-state index < -0.39 is 0 Å². The molecule has 94 valence electrons. The molecule has 1 atom stereocenters. The molecule has 0 aliphatic rings. The van der Waals surface area contributed by atoms with E-state index in [1.165, 1.54) is 30.1 Å². The first kappa shape index (κ1) is 13.3. The van der Waals surface area contributed by atoms with E-state index in [2.05, 4.69) is 68.2 Å². The van der Waals surface area contributed by atoms with Gasteiger partial charge in [-0.1, -0.05) is 67.9 Å². The zero-order valence-corrected chi connectivity index (χ0v) is 12.2. The van der Waals surface area contributed by atoms with E-state index in [9.17, 15) is 0 Å². The quantitative estimate of drug-likeness (QED) is 0.707. The lowest BCUT2D eigenvalue weighted by molar-refractivity contribution is 0.798. The Bertz CT molecular complexity index is 476. The van der Waals surface area contributed by atoms with Crippen molar-refractivity contribution in [2.75, 3.05) is 6.66 Å². The predicted octanol–water partition coefficient (Wildman–Crippen LogP) is 4.09. The van der Waals surface area contributed by atoms with Crippen molar-refractivity contribution in [1.29, 1.82) is 0 Å². The van der Waals surface area contributed by atoms with Gasteiger partial charge in [-0.15, -0.1) is 0 Å². The van der Waals surface area contributed by atoms with Crippen LogP contribution in [-0.4, -0.2) is 6.66 Å². The van der Waals surface area contributed by atoms with Crippen LogP contribution in [0.1, 0.15) is 25.3 Å². The molecule has 2 aromatic rings. The van der Waals surface area contributed by atoms with Gasteiger partial charge in [-0.25, -0.2) is 0 Å². The fourth-order valence-corrected chi connectivity index (χ4v) is 4.03. The minimum atomic E-state index is -0.208. The first-order chi connectivity index (χ1) is 8.83. The van der Waals surface area contributed by atoms with Crippen molar-refractivity contribution in [3.05, 3.63) is 60.2 Å². The van der Waals surface area contributed by atoms with Gasteiger partial charge in [0, 0.05) is 0 Å². The molecule has 0 aliphatic carbocycles. The number of hydrogen-bond acceptors (Lipinski definition) is 0. The number of rotatable bonds is 5. The molecule has 18 heavy (non-hydrogen) atoms. The van der Waals surface area contributed by atoms with Crippen molar-refractivity contribution in [3.8, 4) is 0 Å². The van der Waals surface area contributed by atoms with E-state index in [0.29, 0.717) is 0 Å². The van der Waals surface area contributed by atoms with Gasteiger partial charge in [-0.05, 0) is 43.6 Å². The summed E-state index contributed by atoms with van der Waals surface area (Å²) in [5.74, 6) is 0. The van der Waals surface area contributed by atoms with Gasteiger partial charge >= 0.3 is 0 Å². The Balaban J connectivity index is 2.27. The summed E-state index contributed by atoms with van der Waals surface area (Å²) in [5.41, 5.74) is 1.54.